The number of aliphatic hydroxyl groups is 2. The number of hydrogen-bond acceptors (Lipinski definition) is 4. The average molecular weight is 311 g/mol. The van der Waals surface area contributed by atoms with E-state index >= 15 is 0 Å². The third-order valence-electron chi connectivity index (χ3n) is 3.56. The van der Waals surface area contributed by atoms with Gasteiger partial charge in [-0.05, 0) is 26.0 Å². The van der Waals surface area contributed by atoms with Crippen LogP contribution in [0, 0.1) is 19.3 Å². The normalized spacial score (nSPS) is 12.8. The Hall–Kier alpha value is -1.86. The van der Waals surface area contributed by atoms with Crippen LogP contribution in [0.25, 0.3) is 0 Å². The molecule has 1 aromatic rings. The van der Waals surface area contributed by atoms with E-state index in [1.54, 1.807) is 18.5 Å². The van der Waals surface area contributed by atoms with E-state index < -0.39 is 17.4 Å². The summed E-state index contributed by atoms with van der Waals surface area (Å²) in [7, 11) is 0. The molecule has 7 nitrogen and oxygen atoms in total. The minimum Gasteiger partial charge on any atom is -0.396 e. The van der Waals surface area contributed by atoms with E-state index in [2.05, 4.69) is 10.7 Å². The Balaban J connectivity index is 2.41. The van der Waals surface area contributed by atoms with Crippen molar-refractivity contribution in [2.45, 2.75) is 40.2 Å². The van der Waals surface area contributed by atoms with Gasteiger partial charge in [-0.3, -0.25) is 19.7 Å². The van der Waals surface area contributed by atoms with Gasteiger partial charge in [0.1, 0.15) is 6.10 Å². The number of nitrogens with one attached hydrogen (secondary N) is 2. The van der Waals surface area contributed by atoms with E-state index in [-0.39, 0.29) is 25.5 Å². The highest BCUT2D eigenvalue weighted by molar-refractivity contribution is 5.85. The number of amides is 2. The van der Waals surface area contributed by atoms with Gasteiger partial charge in [0.2, 0.25) is 11.8 Å². The Bertz CT molecular complexity index is 517. The van der Waals surface area contributed by atoms with E-state index in [9.17, 15) is 14.7 Å². The Morgan fingerprint density at radius 1 is 1.27 bits per heavy atom. The SMILES string of the molecule is Cc1ccc(C)n1NC(=O)CCNC(=O)[C@H](O)C(C)(C)CO. The number of aryl methyl sites for hydroxylation is 2. The van der Waals surface area contributed by atoms with Gasteiger partial charge in [0.05, 0.1) is 6.61 Å². The number of hydrogen-bond donors (Lipinski definition) is 4. The van der Waals surface area contributed by atoms with Crippen LogP contribution in [0.1, 0.15) is 31.7 Å². The fourth-order valence-corrected chi connectivity index (χ4v) is 1.86. The summed E-state index contributed by atoms with van der Waals surface area (Å²) < 4.78 is 1.67. The van der Waals surface area contributed by atoms with Crippen LogP contribution in [0.4, 0.5) is 0 Å². The van der Waals surface area contributed by atoms with E-state index in [0.29, 0.717) is 0 Å². The largest absolute Gasteiger partial charge is 0.396 e. The molecule has 124 valence electrons. The number of aliphatic hydroxyl groups excluding tert-OH is 2. The van der Waals surface area contributed by atoms with E-state index in [4.69, 9.17) is 5.11 Å². The third kappa shape index (κ3) is 4.57. The third-order valence-corrected chi connectivity index (χ3v) is 3.56. The second-order valence-corrected chi connectivity index (χ2v) is 6.08. The Morgan fingerprint density at radius 3 is 2.32 bits per heavy atom. The summed E-state index contributed by atoms with van der Waals surface area (Å²) >= 11 is 0. The minimum atomic E-state index is -1.32. The van der Waals surface area contributed by atoms with E-state index in [1.807, 2.05) is 26.0 Å². The zero-order chi connectivity index (χ0) is 16.9. The molecule has 22 heavy (non-hydrogen) atoms. The van der Waals surface area contributed by atoms with Crippen LogP contribution in [-0.4, -0.2) is 46.0 Å². The zero-order valence-corrected chi connectivity index (χ0v) is 13.5. The first kappa shape index (κ1) is 18.2. The van der Waals surface area contributed by atoms with E-state index in [0.717, 1.165) is 11.4 Å². The van der Waals surface area contributed by atoms with Crippen molar-refractivity contribution < 1.29 is 19.8 Å². The van der Waals surface area contributed by atoms with Gasteiger partial charge in [-0.2, -0.15) is 0 Å². The van der Waals surface area contributed by atoms with Crippen molar-refractivity contribution in [3.8, 4) is 0 Å². The van der Waals surface area contributed by atoms with Gasteiger partial charge in [-0.15, -0.1) is 0 Å². The molecule has 0 aliphatic heterocycles. The molecule has 0 fully saturated rings. The fourth-order valence-electron chi connectivity index (χ4n) is 1.86. The molecule has 0 aliphatic carbocycles. The average Bonchev–Trinajstić information content (AvgIpc) is 2.78. The van der Waals surface area contributed by atoms with E-state index in [1.165, 1.54) is 0 Å². The Morgan fingerprint density at radius 2 is 1.82 bits per heavy atom. The highest BCUT2D eigenvalue weighted by Gasteiger charge is 2.32. The van der Waals surface area contributed by atoms with Crippen LogP contribution in [0.15, 0.2) is 12.1 Å². The Labute approximate surface area is 130 Å². The molecule has 2 amide bonds. The lowest BCUT2D eigenvalue weighted by atomic mass is 9.87. The summed E-state index contributed by atoms with van der Waals surface area (Å²) in [6.45, 7) is 6.73. The molecule has 0 saturated heterocycles. The molecular formula is C15H25N3O4. The molecule has 7 heteroatoms. The minimum absolute atomic E-state index is 0.0923. The molecule has 0 spiro atoms. The first-order valence-corrected chi connectivity index (χ1v) is 7.20. The number of aromatic nitrogens is 1. The lowest BCUT2D eigenvalue weighted by molar-refractivity contribution is -0.137. The van der Waals surface area contributed by atoms with Gasteiger partial charge >= 0.3 is 0 Å². The molecule has 1 atom stereocenters. The smallest absolute Gasteiger partial charge is 0.249 e. The number of rotatable bonds is 7. The maximum absolute atomic E-state index is 11.8. The molecule has 0 unspecified atom stereocenters. The number of carbonyl (C=O) groups excluding carboxylic acids is 2. The quantitative estimate of drug-likeness (QED) is 0.571. The summed E-state index contributed by atoms with van der Waals surface area (Å²) in [5.74, 6) is -0.834. The first-order chi connectivity index (χ1) is 10.2. The van der Waals surface area contributed by atoms with Gasteiger partial charge in [0.25, 0.3) is 0 Å². The number of carbonyl (C=O) groups is 2. The molecule has 0 bridgehead atoms. The molecule has 0 aromatic carbocycles. The summed E-state index contributed by atoms with van der Waals surface area (Å²) in [6.07, 6.45) is -1.23. The molecule has 1 rings (SSSR count). The van der Waals surface area contributed by atoms with Crippen LogP contribution in [0.3, 0.4) is 0 Å². The maximum Gasteiger partial charge on any atom is 0.249 e. The topological polar surface area (TPSA) is 104 Å². The van der Waals surface area contributed by atoms with Crippen molar-refractivity contribution in [2.75, 3.05) is 18.6 Å². The summed E-state index contributed by atoms with van der Waals surface area (Å²) in [6, 6.07) is 3.79. The highest BCUT2D eigenvalue weighted by Crippen LogP contribution is 2.19. The summed E-state index contributed by atoms with van der Waals surface area (Å²) in [5.41, 5.74) is 3.63. The van der Waals surface area contributed by atoms with Crippen LogP contribution in [-0.2, 0) is 9.59 Å². The molecular weight excluding hydrogens is 286 g/mol. The predicted molar refractivity (Wildman–Crippen MR) is 82.8 cm³/mol. The zero-order valence-electron chi connectivity index (χ0n) is 13.5. The predicted octanol–water partition coefficient (Wildman–Crippen LogP) is 0.0607. The monoisotopic (exact) mass is 311 g/mol. The van der Waals surface area contributed by atoms with Crippen molar-refractivity contribution >= 4 is 11.8 Å². The van der Waals surface area contributed by atoms with Crippen molar-refractivity contribution in [2.24, 2.45) is 5.41 Å². The second kappa shape index (κ2) is 7.42. The molecule has 0 saturated carbocycles. The lowest BCUT2D eigenvalue weighted by Crippen LogP contribution is -2.46. The molecule has 1 aromatic heterocycles. The van der Waals surface area contributed by atoms with Crippen LogP contribution in [0.5, 0.6) is 0 Å². The summed E-state index contributed by atoms with van der Waals surface area (Å²) in [4.78, 5) is 23.6. The van der Waals surface area contributed by atoms with Crippen LogP contribution in [0.2, 0.25) is 0 Å². The van der Waals surface area contributed by atoms with Gasteiger partial charge in [0, 0.05) is 29.8 Å². The highest BCUT2D eigenvalue weighted by atomic mass is 16.3. The second-order valence-electron chi connectivity index (χ2n) is 6.08. The van der Waals surface area contributed by atoms with Crippen LogP contribution >= 0.6 is 0 Å². The van der Waals surface area contributed by atoms with Gasteiger partial charge < -0.3 is 15.5 Å². The molecule has 1 heterocycles. The lowest BCUT2D eigenvalue weighted by Gasteiger charge is -2.27. The molecule has 4 N–H and O–H groups in total. The van der Waals surface area contributed by atoms with Crippen molar-refractivity contribution in [1.82, 2.24) is 9.99 Å². The standard InChI is InChI=1S/C15H25N3O4/c1-10-5-6-11(2)18(10)17-12(20)7-8-16-14(22)13(21)15(3,4)9-19/h5-6,13,19,21H,7-9H2,1-4H3,(H,16,22)(H,17,20)/t13-/m0/s1. The van der Waals surface area contributed by atoms with Gasteiger partial charge in [0.15, 0.2) is 0 Å². The van der Waals surface area contributed by atoms with Crippen LogP contribution < -0.4 is 10.7 Å². The molecule has 0 radical (unpaired) electrons. The van der Waals surface area contributed by atoms with Gasteiger partial charge in [-0.25, -0.2) is 0 Å². The van der Waals surface area contributed by atoms with Crippen molar-refractivity contribution in [3.05, 3.63) is 23.5 Å². The molecule has 0 aliphatic rings. The first-order valence-electron chi connectivity index (χ1n) is 7.20. The fraction of sp³-hybridized carbons (Fsp3) is 0.600. The number of nitrogens with zero attached hydrogens (tertiary/aromatic N) is 1. The van der Waals surface area contributed by atoms with Crippen molar-refractivity contribution in [1.29, 1.82) is 0 Å². The Kier molecular flexibility index (Phi) is 6.13. The van der Waals surface area contributed by atoms with Crippen molar-refractivity contribution in [3.63, 3.8) is 0 Å². The summed E-state index contributed by atoms with van der Waals surface area (Å²) in [5, 5.41) is 21.4. The van der Waals surface area contributed by atoms with Gasteiger partial charge in [-0.1, -0.05) is 13.8 Å². The maximum atomic E-state index is 11.8.